The van der Waals surface area contributed by atoms with E-state index in [1.54, 1.807) is 0 Å². The second-order valence-electron chi connectivity index (χ2n) is 7.68. The summed E-state index contributed by atoms with van der Waals surface area (Å²) < 4.78 is 0. The first-order valence-electron chi connectivity index (χ1n) is 10.7. The minimum atomic E-state index is -1.41. The van der Waals surface area contributed by atoms with Crippen molar-refractivity contribution in [1.29, 1.82) is 0 Å². The van der Waals surface area contributed by atoms with E-state index in [9.17, 15) is 33.9 Å². The van der Waals surface area contributed by atoms with E-state index in [-0.39, 0.29) is 51.0 Å². The van der Waals surface area contributed by atoms with Crippen molar-refractivity contribution in [3.63, 3.8) is 0 Å². The number of carbonyl (C=O) groups excluding carboxylic acids is 4. The topological polar surface area (TPSA) is 295 Å². The Balaban J connectivity index is 5.21. The Labute approximate surface area is 201 Å². The van der Waals surface area contributed by atoms with Crippen LogP contribution >= 0.6 is 0 Å². The first-order valence-corrected chi connectivity index (χ1v) is 10.7. The molecule has 4 amide bonds. The molecule has 0 aromatic carbocycles. The lowest BCUT2D eigenvalue weighted by molar-refractivity contribution is -0.142. The highest BCUT2D eigenvalue weighted by Crippen LogP contribution is 2.03. The fourth-order valence-electron chi connectivity index (χ4n) is 2.68. The van der Waals surface area contributed by atoms with Crippen LogP contribution in [0.1, 0.15) is 45.4 Å². The third kappa shape index (κ3) is 14.0. The first kappa shape index (κ1) is 31.0. The molecule has 0 aliphatic heterocycles. The van der Waals surface area contributed by atoms with E-state index in [0.29, 0.717) is 0 Å². The number of guanidine groups is 1. The zero-order valence-corrected chi connectivity index (χ0v) is 19.4. The van der Waals surface area contributed by atoms with Crippen LogP contribution < -0.4 is 38.9 Å². The van der Waals surface area contributed by atoms with Crippen molar-refractivity contribution in [2.45, 2.75) is 69.6 Å². The molecule has 0 saturated carbocycles. The molecule has 0 aliphatic carbocycles. The van der Waals surface area contributed by atoms with Crippen LogP contribution in [0.5, 0.6) is 0 Å². The highest BCUT2D eigenvalue weighted by atomic mass is 16.4. The van der Waals surface area contributed by atoms with Gasteiger partial charge in [-0.05, 0) is 32.6 Å². The van der Waals surface area contributed by atoms with Crippen molar-refractivity contribution in [3.8, 4) is 0 Å². The maximum atomic E-state index is 12.7. The smallest absolute Gasteiger partial charge is 0.326 e. The Bertz CT molecular complexity index is 815. The van der Waals surface area contributed by atoms with Crippen LogP contribution in [0.3, 0.4) is 0 Å². The van der Waals surface area contributed by atoms with E-state index in [2.05, 4.69) is 20.9 Å². The summed E-state index contributed by atoms with van der Waals surface area (Å²) in [6.07, 6.45) is -0.725. The van der Waals surface area contributed by atoms with Gasteiger partial charge < -0.3 is 49.1 Å². The van der Waals surface area contributed by atoms with E-state index in [0.717, 1.165) is 0 Å². The second-order valence-corrected chi connectivity index (χ2v) is 7.68. The average Bonchev–Trinajstić information content (AvgIpc) is 2.75. The summed E-state index contributed by atoms with van der Waals surface area (Å²) in [6, 6.07) is -4.98. The highest BCUT2D eigenvalue weighted by molar-refractivity contribution is 5.94. The van der Waals surface area contributed by atoms with Crippen molar-refractivity contribution >= 4 is 41.5 Å². The van der Waals surface area contributed by atoms with Gasteiger partial charge in [0.25, 0.3) is 0 Å². The van der Waals surface area contributed by atoms with Gasteiger partial charge in [-0.1, -0.05) is 0 Å². The first-order chi connectivity index (χ1) is 16.2. The van der Waals surface area contributed by atoms with Gasteiger partial charge >= 0.3 is 11.9 Å². The van der Waals surface area contributed by atoms with Crippen molar-refractivity contribution in [1.82, 2.24) is 16.0 Å². The molecule has 4 unspecified atom stereocenters. The molecule has 35 heavy (non-hydrogen) atoms. The minimum absolute atomic E-state index is 0.0463. The number of nitrogens with two attached hydrogens (primary N) is 4. The Morgan fingerprint density at radius 3 is 1.91 bits per heavy atom. The molecule has 198 valence electrons. The van der Waals surface area contributed by atoms with Gasteiger partial charge in [0.1, 0.15) is 18.1 Å². The van der Waals surface area contributed by atoms with Gasteiger partial charge in [-0.15, -0.1) is 0 Å². The third-order valence-electron chi connectivity index (χ3n) is 4.63. The average molecular weight is 503 g/mol. The quantitative estimate of drug-likeness (QED) is 0.0525. The molecule has 0 radical (unpaired) electrons. The number of carboxylic acids is 2. The summed E-state index contributed by atoms with van der Waals surface area (Å²) in [5.41, 5.74) is 21.2. The van der Waals surface area contributed by atoms with Crippen molar-refractivity contribution in [2.75, 3.05) is 6.54 Å². The van der Waals surface area contributed by atoms with E-state index in [4.69, 9.17) is 28.0 Å². The predicted octanol–water partition coefficient (Wildman–Crippen LogP) is -3.94. The van der Waals surface area contributed by atoms with Gasteiger partial charge in [0, 0.05) is 19.4 Å². The summed E-state index contributed by atoms with van der Waals surface area (Å²) in [7, 11) is 0. The zero-order chi connectivity index (χ0) is 27.1. The summed E-state index contributed by atoms with van der Waals surface area (Å²) in [5, 5.41) is 24.9. The second kappa shape index (κ2) is 15.8. The van der Waals surface area contributed by atoms with Gasteiger partial charge in [0.15, 0.2) is 5.96 Å². The molecule has 0 fully saturated rings. The van der Waals surface area contributed by atoms with E-state index in [1.807, 2.05) is 0 Å². The van der Waals surface area contributed by atoms with E-state index < -0.39 is 59.7 Å². The normalized spacial score (nSPS) is 13.9. The molecule has 0 rings (SSSR count). The Morgan fingerprint density at radius 2 is 1.40 bits per heavy atom. The SMILES string of the molecule is CC(NC(=O)C(CCCN=C(N)N)NC(=O)C(N)CCC(=O)O)C(=O)NC(CCC(N)=O)C(=O)O. The molecule has 0 aromatic heterocycles. The maximum absolute atomic E-state index is 12.7. The number of amides is 4. The number of hydrogen-bond acceptors (Lipinski definition) is 8. The van der Waals surface area contributed by atoms with Crippen molar-refractivity contribution in [2.24, 2.45) is 27.9 Å². The van der Waals surface area contributed by atoms with E-state index in [1.165, 1.54) is 6.92 Å². The molecule has 0 aromatic rings. The third-order valence-corrected chi connectivity index (χ3v) is 4.63. The van der Waals surface area contributed by atoms with Gasteiger partial charge in [-0.25, -0.2) is 4.79 Å². The standard InChI is InChI=1S/C19H34N8O8/c1-9(15(31)27-12(18(34)35)5-6-13(21)28)25-17(33)11(3-2-8-24-19(22)23)26-16(32)10(20)4-7-14(29)30/h9-12H,2-8,20H2,1H3,(H2,21,28)(H,25,33)(H,26,32)(H,27,31)(H,29,30)(H,34,35)(H4,22,23,24). The monoisotopic (exact) mass is 502 g/mol. The van der Waals surface area contributed by atoms with Gasteiger partial charge in [-0.3, -0.25) is 29.0 Å². The number of rotatable bonds is 17. The molecule has 4 atom stereocenters. The predicted molar refractivity (Wildman–Crippen MR) is 122 cm³/mol. The molecule has 16 heteroatoms. The van der Waals surface area contributed by atoms with Crippen LogP contribution in [-0.4, -0.2) is 82.5 Å². The van der Waals surface area contributed by atoms with Crippen LogP contribution in [0.2, 0.25) is 0 Å². The fraction of sp³-hybridized carbons (Fsp3) is 0.632. The Morgan fingerprint density at radius 1 is 0.800 bits per heavy atom. The summed E-state index contributed by atoms with van der Waals surface area (Å²) >= 11 is 0. The number of hydrogen-bond donors (Lipinski definition) is 9. The minimum Gasteiger partial charge on any atom is -0.481 e. The number of carbonyl (C=O) groups is 6. The molecular formula is C19H34N8O8. The maximum Gasteiger partial charge on any atom is 0.326 e. The van der Waals surface area contributed by atoms with Gasteiger partial charge in [-0.2, -0.15) is 0 Å². The number of aliphatic imine (C=N–C) groups is 1. The summed E-state index contributed by atoms with van der Waals surface area (Å²) in [4.78, 5) is 74.1. The summed E-state index contributed by atoms with van der Waals surface area (Å²) in [5.74, 6) is -5.84. The molecular weight excluding hydrogens is 468 g/mol. The number of primary amides is 1. The van der Waals surface area contributed by atoms with Crippen molar-refractivity contribution in [3.05, 3.63) is 0 Å². The molecule has 0 bridgehead atoms. The van der Waals surface area contributed by atoms with Crippen LogP contribution in [-0.2, 0) is 28.8 Å². The molecule has 0 heterocycles. The molecule has 0 spiro atoms. The Kier molecular flexibility index (Phi) is 14.0. The lowest BCUT2D eigenvalue weighted by atomic mass is 10.1. The summed E-state index contributed by atoms with van der Waals surface area (Å²) in [6.45, 7) is 1.43. The molecule has 0 saturated heterocycles. The van der Waals surface area contributed by atoms with Gasteiger partial charge in [0.2, 0.25) is 23.6 Å². The van der Waals surface area contributed by atoms with Crippen LogP contribution in [0.15, 0.2) is 4.99 Å². The van der Waals surface area contributed by atoms with Gasteiger partial charge in [0.05, 0.1) is 6.04 Å². The number of nitrogens with zero attached hydrogens (tertiary/aromatic N) is 1. The molecule has 13 N–H and O–H groups in total. The zero-order valence-electron chi connectivity index (χ0n) is 19.4. The molecule has 0 aliphatic rings. The largest absolute Gasteiger partial charge is 0.481 e. The van der Waals surface area contributed by atoms with Crippen LogP contribution in [0, 0.1) is 0 Å². The molecule has 16 nitrogen and oxygen atoms in total. The lowest BCUT2D eigenvalue weighted by Crippen LogP contribution is -2.56. The van der Waals surface area contributed by atoms with E-state index >= 15 is 0 Å². The number of nitrogens with one attached hydrogen (secondary N) is 3. The lowest BCUT2D eigenvalue weighted by Gasteiger charge is -2.23. The Hall–Kier alpha value is -3.95. The highest BCUT2D eigenvalue weighted by Gasteiger charge is 2.28. The van der Waals surface area contributed by atoms with Crippen LogP contribution in [0.25, 0.3) is 0 Å². The van der Waals surface area contributed by atoms with Crippen molar-refractivity contribution < 1.29 is 39.0 Å². The number of carboxylic acid groups (broad SMARTS) is 2. The van der Waals surface area contributed by atoms with Crippen LogP contribution in [0.4, 0.5) is 0 Å². The number of aliphatic carboxylic acids is 2. The fourth-order valence-corrected chi connectivity index (χ4v) is 2.68.